The van der Waals surface area contributed by atoms with Crippen LogP contribution in [0.25, 0.3) is 0 Å². The number of anilines is 1. The maximum atomic E-state index is 4.06. The van der Waals surface area contributed by atoms with Crippen molar-refractivity contribution in [2.45, 2.75) is 13.0 Å². The highest BCUT2D eigenvalue weighted by molar-refractivity contribution is 7.07. The quantitative estimate of drug-likeness (QED) is 0.829. The molecule has 2 nitrogen and oxygen atoms in total. The number of aromatic nitrogens is 1. The predicted molar refractivity (Wildman–Crippen MR) is 60.6 cm³/mol. The van der Waals surface area contributed by atoms with Gasteiger partial charge in [-0.1, -0.05) is 0 Å². The third kappa shape index (κ3) is 2.12. The van der Waals surface area contributed by atoms with Crippen molar-refractivity contribution in [2.75, 3.05) is 5.32 Å². The fraction of sp³-hybridized carbons (Fsp3) is 0.182. The minimum absolute atomic E-state index is 0.338. The molecule has 2 aromatic heterocycles. The van der Waals surface area contributed by atoms with E-state index in [2.05, 4.69) is 34.1 Å². The molecule has 2 rings (SSSR count). The first-order valence-electron chi connectivity index (χ1n) is 4.55. The second-order valence-electron chi connectivity index (χ2n) is 3.16. The molecule has 0 bridgehead atoms. The van der Waals surface area contributed by atoms with Crippen molar-refractivity contribution >= 4 is 17.0 Å². The molecule has 2 heterocycles. The van der Waals surface area contributed by atoms with Crippen molar-refractivity contribution in [3.63, 3.8) is 0 Å². The second kappa shape index (κ2) is 4.24. The molecule has 72 valence electrons. The van der Waals surface area contributed by atoms with E-state index in [1.54, 1.807) is 17.5 Å². The molecule has 3 heteroatoms. The minimum atomic E-state index is 0.338. The Hall–Kier alpha value is -1.35. The van der Waals surface area contributed by atoms with Crippen molar-refractivity contribution in [3.8, 4) is 0 Å². The summed E-state index contributed by atoms with van der Waals surface area (Å²) in [7, 11) is 0. The molecule has 1 unspecified atom stereocenters. The highest BCUT2D eigenvalue weighted by atomic mass is 32.1. The van der Waals surface area contributed by atoms with Gasteiger partial charge in [0.1, 0.15) is 0 Å². The maximum Gasteiger partial charge on any atom is 0.0531 e. The molecule has 0 spiro atoms. The Balaban J connectivity index is 2.06. The fourth-order valence-corrected chi connectivity index (χ4v) is 2.06. The van der Waals surface area contributed by atoms with E-state index in [0.717, 1.165) is 5.69 Å². The van der Waals surface area contributed by atoms with Gasteiger partial charge < -0.3 is 5.32 Å². The van der Waals surface area contributed by atoms with Crippen LogP contribution in [0.4, 0.5) is 5.69 Å². The van der Waals surface area contributed by atoms with Crippen LogP contribution in [0.15, 0.2) is 41.4 Å². The Morgan fingerprint density at radius 2 is 2.36 bits per heavy atom. The standard InChI is InChI=1S/C11H12N2S/c1-9(10-4-6-14-8-10)13-11-3-2-5-12-7-11/h2-9,13H,1H3. The van der Waals surface area contributed by atoms with Crippen LogP contribution < -0.4 is 5.32 Å². The van der Waals surface area contributed by atoms with Gasteiger partial charge in [0.25, 0.3) is 0 Å². The summed E-state index contributed by atoms with van der Waals surface area (Å²) in [6.45, 7) is 2.15. The van der Waals surface area contributed by atoms with Gasteiger partial charge in [-0.05, 0) is 41.4 Å². The van der Waals surface area contributed by atoms with Crippen molar-refractivity contribution < 1.29 is 0 Å². The molecule has 0 fully saturated rings. The van der Waals surface area contributed by atoms with Gasteiger partial charge in [0, 0.05) is 18.4 Å². The van der Waals surface area contributed by atoms with Gasteiger partial charge >= 0.3 is 0 Å². The molecule has 0 saturated heterocycles. The maximum absolute atomic E-state index is 4.06. The molecule has 1 N–H and O–H groups in total. The van der Waals surface area contributed by atoms with E-state index >= 15 is 0 Å². The summed E-state index contributed by atoms with van der Waals surface area (Å²) < 4.78 is 0. The molecule has 0 saturated carbocycles. The van der Waals surface area contributed by atoms with Crippen LogP contribution in [0.5, 0.6) is 0 Å². The van der Waals surface area contributed by atoms with Crippen LogP contribution in [0.1, 0.15) is 18.5 Å². The van der Waals surface area contributed by atoms with Crippen molar-refractivity contribution in [1.29, 1.82) is 0 Å². The summed E-state index contributed by atoms with van der Waals surface area (Å²) in [5, 5.41) is 7.64. The van der Waals surface area contributed by atoms with Crippen LogP contribution in [0, 0.1) is 0 Å². The first-order chi connectivity index (χ1) is 6.86. The van der Waals surface area contributed by atoms with Crippen molar-refractivity contribution in [3.05, 3.63) is 46.9 Å². The number of pyridine rings is 1. The number of nitrogens with zero attached hydrogens (tertiary/aromatic N) is 1. The summed E-state index contributed by atoms with van der Waals surface area (Å²) in [5.41, 5.74) is 2.38. The smallest absolute Gasteiger partial charge is 0.0531 e. The molecule has 0 amide bonds. The van der Waals surface area contributed by atoms with E-state index in [1.165, 1.54) is 5.56 Å². The molecule has 1 atom stereocenters. The number of rotatable bonds is 3. The van der Waals surface area contributed by atoms with Gasteiger partial charge in [0.15, 0.2) is 0 Å². The van der Waals surface area contributed by atoms with Gasteiger partial charge in [0.05, 0.1) is 5.69 Å². The third-order valence-corrected chi connectivity index (χ3v) is 2.79. The van der Waals surface area contributed by atoms with Crippen molar-refractivity contribution in [2.24, 2.45) is 0 Å². The highest BCUT2D eigenvalue weighted by Crippen LogP contribution is 2.20. The van der Waals surface area contributed by atoms with Crippen molar-refractivity contribution in [1.82, 2.24) is 4.98 Å². The van der Waals surface area contributed by atoms with Crippen LogP contribution in [-0.4, -0.2) is 4.98 Å². The average molecular weight is 204 g/mol. The number of nitrogens with one attached hydrogen (secondary N) is 1. The van der Waals surface area contributed by atoms with E-state index < -0.39 is 0 Å². The highest BCUT2D eigenvalue weighted by Gasteiger charge is 2.04. The molecule has 2 aromatic rings. The predicted octanol–water partition coefficient (Wildman–Crippen LogP) is 3.32. The lowest BCUT2D eigenvalue weighted by molar-refractivity contribution is 0.888. The lowest BCUT2D eigenvalue weighted by atomic mass is 10.2. The molecular formula is C11H12N2S. The van der Waals surface area contributed by atoms with E-state index in [4.69, 9.17) is 0 Å². The Bertz CT molecular complexity index is 369. The molecule has 14 heavy (non-hydrogen) atoms. The summed E-state index contributed by atoms with van der Waals surface area (Å²) >= 11 is 1.72. The van der Waals surface area contributed by atoms with E-state index in [-0.39, 0.29) is 0 Å². The van der Waals surface area contributed by atoms with E-state index in [0.29, 0.717) is 6.04 Å². The zero-order chi connectivity index (χ0) is 9.80. The normalized spacial score (nSPS) is 12.4. The molecule has 0 aromatic carbocycles. The summed E-state index contributed by atoms with van der Waals surface area (Å²) in [5.74, 6) is 0. The molecule has 0 aliphatic carbocycles. The van der Waals surface area contributed by atoms with Gasteiger partial charge in [-0.2, -0.15) is 11.3 Å². The van der Waals surface area contributed by atoms with Gasteiger partial charge in [0.2, 0.25) is 0 Å². The second-order valence-corrected chi connectivity index (χ2v) is 3.94. The lowest BCUT2D eigenvalue weighted by Gasteiger charge is -2.13. The first kappa shape index (κ1) is 9.21. The van der Waals surface area contributed by atoms with E-state index in [1.807, 2.05) is 18.3 Å². The first-order valence-corrected chi connectivity index (χ1v) is 5.49. The Morgan fingerprint density at radius 1 is 1.43 bits per heavy atom. The zero-order valence-corrected chi connectivity index (χ0v) is 8.79. The van der Waals surface area contributed by atoms with Crippen LogP contribution in [-0.2, 0) is 0 Å². The molecule has 0 aliphatic rings. The fourth-order valence-electron chi connectivity index (χ4n) is 1.30. The van der Waals surface area contributed by atoms with Gasteiger partial charge in [-0.3, -0.25) is 4.98 Å². The zero-order valence-electron chi connectivity index (χ0n) is 7.97. The largest absolute Gasteiger partial charge is 0.377 e. The average Bonchev–Trinajstić information content (AvgIpc) is 2.72. The number of hydrogen-bond acceptors (Lipinski definition) is 3. The SMILES string of the molecule is CC(Nc1cccnc1)c1ccsc1. The Labute approximate surface area is 87.6 Å². The van der Waals surface area contributed by atoms with Gasteiger partial charge in [-0.25, -0.2) is 0 Å². The number of thiophene rings is 1. The summed E-state index contributed by atoms with van der Waals surface area (Å²) in [6, 6.07) is 6.43. The molecule has 0 radical (unpaired) electrons. The van der Waals surface area contributed by atoms with Crippen LogP contribution in [0.3, 0.4) is 0 Å². The topological polar surface area (TPSA) is 24.9 Å². The molecular weight excluding hydrogens is 192 g/mol. The monoisotopic (exact) mass is 204 g/mol. The Kier molecular flexibility index (Phi) is 2.79. The summed E-state index contributed by atoms with van der Waals surface area (Å²) in [6.07, 6.45) is 3.61. The van der Waals surface area contributed by atoms with E-state index in [9.17, 15) is 0 Å². The Morgan fingerprint density at radius 3 is 3.00 bits per heavy atom. The van der Waals surface area contributed by atoms with Crippen LogP contribution in [0.2, 0.25) is 0 Å². The summed E-state index contributed by atoms with van der Waals surface area (Å²) in [4.78, 5) is 4.06. The minimum Gasteiger partial charge on any atom is -0.377 e. The molecule has 0 aliphatic heterocycles. The lowest BCUT2D eigenvalue weighted by Crippen LogP contribution is -2.05. The third-order valence-electron chi connectivity index (χ3n) is 2.09. The number of hydrogen-bond donors (Lipinski definition) is 1. The van der Waals surface area contributed by atoms with Gasteiger partial charge in [-0.15, -0.1) is 0 Å². The van der Waals surface area contributed by atoms with Crippen LogP contribution >= 0.6 is 11.3 Å².